The lowest BCUT2D eigenvalue weighted by Gasteiger charge is -2.39. The van der Waals surface area contributed by atoms with Crippen LogP contribution in [0.1, 0.15) is 44.7 Å². The smallest absolute Gasteiger partial charge is 0.225 e. The zero-order valence-corrected chi connectivity index (χ0v) is 14.1. The maximum absolute atomic E-state index is 12.2. The first kappa shape index (κ1) is 15.8. The fourth-order valence-electron chi connectivity index (χ4n) is 3.38. The summed E-state index contributed by atoms with van der Waals surface area (Å²) in [7, 11) is 0. The average Bonchev–Trinajstić information content (AvgIpc) is 3.33. The Labute approximate surface area is 138 Å². The first-order chi connectivity index (χ1) is 10.5. The molecule has 4 heteroatoms. The van der Waals surface area contributed by atoms with E-state index in [1.807, 2.05) is 18.2 Å². The van der Waals surface area contributed by atoms with Crippen molar-refractivity contribution in [2.75, 3.05) is 13.1 Å². The molecule has 2 fully saturated rings. The summed E-state index contributed by atoms with van der Waals surface area (Å²) >= 11 is 6.08. The molecule has 1 saturated carbocycles. The van der Waals surface area contributed by atoms with Crippen LogP contribution in [0, 0.1) is 11.8 Å². The number of likely N-dealkylation sites (tertiary alicyclic amines) is 1. The molecule has 0 radical (unpaired) electrons. The van der Waals surface area contributed by atoms with Gasteiger partial charge < -0.3 is 10.2 Å². The molecule has 3 unspecified atom stereocenters. The van der Waals surface area contributed by atoms with E-state index in [1.165, 1.54) is 5.56 Å². The van der Waals surface area contributed by atoms with Crippen LogP contribution in [0.25, 0.3) is 0 Å². The number of carbonyl (C=O) groups excluding carboxylic acids is 1. The van der Waals surface area contributed by atoms with E-state index < -0.39 is 0 Å². The van der Waals surface area contributed by atoms with Gasteiger partial charge in [-0.3, -0.25) is 4.79 Å². The highest BCUT2D eigenvalue weighted by Gasteiger charge is 2.37. The second-order valence-corrected chi connectivity index (χ2v) is 7.31. The normalized spacial score (nSPS) is 26.8. The van der Waals surface area contributed by atoms with E-state index in [9.17, 15) is 4.79 Å². The van der Waals surface area contributed by atoms with Gasteiger partial charge in [-0.05, 0) is 49.8 Å². The number of carbonyl (C=O) groups is 1. The van der Waals surface area contributed by atoms with E-state index in [2.05, 4.69) is 30.1 Å². The molecule has 0 bridgehead atoms. The maximum atomic E-state index is 12.2. The summed E-state index contributed by atoms with van der Waals surface area (Å²) in [4.78, 5) is 14.3. The van der Waals surface area contributed by atoms with Gasteiger partial charge in [-0.1, -0.05) is 30.7 Å². The van der Waals surface area contributed by atoms with Gasteiger partial charge in [0.1, 0.15) is 0 Å². The highest BCUT2D eigenvalue weighted by atomic mass is 35.5. The molecule has 3 nitrogen and oxygen atoms in total. The van der Waals surface area contributed by atoms with Gasteiger partial charge >= 0.3 is 0 Å². The molecule has 1 N–H and O–H groups in total. The standard InChI is InChI=1S/C18H25ClN2O/c1-12-11-21(18(22)14-6-7-14)9-8-17(12)20-13(2)15-4-3-5-16(19)10-15/h3-5,10,12-14,17,20H,6-9,11H2,1-2H3. The van der Waals surface area contributed by atoms with Crippen molar-refractivity contribution in [1.29, 1.82) is 0 Å². The number of nitrogens with one attached hydrogen (secondary N) is 1. The van der Waals surface area contributed by atoms with Crippen LogP contribution in [0.5, 0.6) is 0 Å². The Kier molecular flexibility index (Phi) is 4.74. The Morgan fingerprint density at radius 1 is 1.36 bits per heavy atom. The van der Waals surface area contributed by atoms with Crippen molar-refractivity contribution in [3.05, 3.63) is 34.9 Å². The van der Waals surface area contributed by atoms with E-state index >= 15 is 0 Å². The molecule has 1 aromatic carbocycles. The van der Waals surface area contributed by atoms with Gasteiger partial charge in [0, 0.05) is 36.1 Å². The first-order valence-corrected chi connectivity index (χ1v) is 8.72. The lowest BCUT2D eigenvalue weighted by Crippen LogP contribution is -2.50. The summed E-state index contributed by atoms with van der Waals surface area (Å²) in [5, 5.41) is 4.50. The molecule has 0 spiro atoms. The molecule has 1 heterocycles. The Morgan fingerprint density at radius 2 is 2.14 bits per heavy atom. The third-order valence-corrected chi connectivity index (χ3v) is 5.19. The zero-order chi connectivity index (χ0) is 15.7. The molecule has 1 aliphatic heterocycles. The summed E-state index contributed by atoms with van der Waals surface area (Å²) in [6.07, 6.45) is 3.22. The Balaban J connectivity index is 1.56. The monoisotopic (exact) mass is 320 g/mol. The fourth-order valence-corrected chi connectivity index (χ4v) is 3.57. The van der Waals surface area contributed by atoms with Crippen LogP contribution in [-0.2, 0) is 4.79 Å². The van der Waals surface area contributed by atoms with Crippen molar-refractivity contribution >= 4 is 17.5 Å². The van der Waals surface area contributed by atoms with Gasteiger partial charge in [-0.2, -0.15) is 0 Å². The Hall–Kier alpha value is -1.06. The molecule has 3 atom stereocenters. The van der Waals surface area contributed by atoms with Crippen LogP contribution < -0.4 is 5.32 Å². The molecular weight excluding hydrogens is 296 g/mol. The molecule has 2 aliphatic rings. The van der Waals surface area contributed by atoms with Crippen molar-refractivity contribution in [2.45, 2.75) is 45.2 Å². The average molecular weight is 321 g/mol. The van der Waals surface area contributed by atoms with E-state index in [-0.39, 0.29) is 6.04 Å². The largest absolute Gasteiger partial charge is 0.342 e. The van der Waals surface area contributed by atoms with E-state index in [0.717, 1.165) is 37.4 Å². The molecule has 1 aliphatic carbocycles. The van der Waals surface area contributed by atoms with Crippen LogP contribution in [0.15, 0.2) is 24.3 Å². The van der Waals surface area contributed by atoms with Crippen molar-refractivity contribution in [1.82, 2.24) is 10.2 Å². The Morgan fingerprint density at radius 3 is 2.77 bits per heavy atom. The third-order valence-electron chi connectivity index (χ3n) is 4.96. The fraction of sp³-hybridized carbons (Fsp3) is 0.611. The number of rotatable bonds is 4. The lowest BCUT2D eigenvalue weighted by atomic mass is 9.92. The molecule has 22 heavy (non-hydrogen) atoms. The van der Waals surface area contributed by atoms with Gasteiger partial charge in [-0.15, -0.1) is 0 Å². The predicted octanol–water partition coefficient (Wildman–Crippen LogP) is 3.64. The van der Waals surface area contributed by atoms with Gasteiger partial charge in [0.2, 0.25) is 5.91 Å². The van der Waals surface area contributed by atoms with Crippen molar-refractivity contribution in [3.8, 4) is 0 Å². The molecular formula is C18H25ClN2O. The lowest BCUT2D eigenvalue weighted by molar-refractivity contribution is -0.134. The highest BCUT2D eigenvalue weighted by Crippen LogP contribution is 2.32. The quantitative estimate of drug-likeness (QED) is 0.918. The van der Waals surface area contributed by atoms with Gasteiger partial charge in [-0.25, -0.2) is 0 Å². The molecule has 3 rings (SSSR count). The van der Waals surface area contributed by atoms with Crippen molar-refractivity contribution in [3.63, 3.8) is 0 Å². The number of nitrogens with zero attached hydrogens (tertiary/aromatic N) is 1. The topological polar surface area (TPSA) is 32.3 Å². The second kappa shape index (κ2) is 6.59. The summed E-state index contributed by atoms with van der Waals surface area (Å²) in [6.45, 7) is 6.20. The minimum absolute atomic E-state index is 0.275. The van der Waals surface area contributed by atoms with Crippen LogP contribution in [0.2, 0.25) is 5.02 Å². The summed E-state index contributed by atoms with van der Waals surface area (Å²) in [5.74, 6) is 1.20. The highest BCUT2D eigenvalue weighted by molar-refractivity contribution is 6.30. The number of benzene rings is 1. The van der Waals surface area contributed by atoms with Gasteiger partial charge in [0.05, 0.1) is 0 Å². The van der Waals surface area contributed by atoms with E-state index in [0.29, 0.717) is 23.8 Å². The summed E-state index contributed by atoms with van der Waals surface area (Å²) in [6, 6.07) is 8.77. The van der Waals surface area contributed by atoms with Crippen molar-refractivity contribution in [2.24, 2.45) is 11.8 Å². The number of amides is 1. The summed E-state index contributed by atoms with van der Waals surface area (Å²) in [5.41, 5.74) is 1.22. The molecule has 1 saturated heterocycles. The minimum atomic E-state index is 0.275. The number of hydrogen-bond acceptors (Lipinski definition) is 2. The van der Waals surface area contributed by atoms with Crippen LogP contribution in [0.3, 0.4) is 0 Å². The molecule has 1 aromatic rings. The first-order valence-electron chi connectivity index (χ1n) is 8.35. The van der Waals surface area contributed by atoms with Crippen molar-refractivity contribution < 1.29 is 4.79 Å². The molecule has 1 amide bonds. The van der Waals surface area contributed by atoms with Crippen LogP contribution in [0.4, 0.5) is 0 Å². The third kappa shape index (κ3) is 3.64. The predicted molar refractivity (Wildman–Crippen MR) is 89.9 cm³/mol. The van der Waals surface area contributed by atoms with E-state index in [4.69, 9.17) is 11.6 Å². The molecule has 120 valence electrons. The van der Waals surface area contributed by atoms with Crippen LogP contribution >= 0.6 is 11.6 Å². The maximum Gasteiger partial charge on any atom is 0.225 e. The SMILES string of the molecule is CC(NC1CCN(C(=O)C2CC2)CC1C)c1cccc(Cl)c1. The van der Waals surface area contributed by atoms with Gasteiger partial charge in [0.15, 0.2) is 0 Å². The Bertz CT molecular complexity index is 544. The number of halogens is 1. The number of hydrogen-bond donors (Lipinski definition) is 1. The second-order valence-electron chi connectivity index (χ2n) is 6.87. The summed E-state index contributed by atoms with van der Waals surface area (Å²) < 4.78 is 0. The zero-order valence-electron chi connectivity index (χ0n) is 13.4. The van der Waals surface area contributed by atoms with Crippen LogP contribution in [-0.4, -0.2) is 29.9 Å². The van der Waals surface area contributed by atoms with Gasteiger partial charge in [0.25, 0.3) is 0 Å². The van der Waals surface area contributed by atoms with E-state index in [1.54, 1.807) is 0 Å². The molecule has 0 aromatic heterocycles. The number of piperidine rings is 1. The minimum Gasteiger partial charge on any atom is -0.342 e.